The van der Waals surface area contributed by atoms with Crippen molar-refractivity contribution >= 4 is 45.8 Å². The number of rotatable bonds is 12. The van der Waals surface area contributed by atoms with E-state index < -0.39 is 52.8 Å². The fourth-order valence-electron chi connectivity index (χ4n) is 5.42. The molecule has 7 N–H and O–H groups in total. The third-order valence-electron chi connectivity index (χ3n) is 7.53. The van der Waals surface area contributed by atoms with E-state index in [0.29, 0.717) is 50.5 Å². The van der Waals surface area contributed by atoms with E-state index in [1.807, 2.05) is 11.0 Å². The highest BCUT2D eigenvalue weighted by Gasteiger charge is 2.40. The zero-order valence-corrected chi connectivity index (χ0v) is 25.9. The molecule has 1 aliphatic carbocycles. The second kappa shape index (κ2) is 15.7. The zero-order valence-electron chi connectivity index (χ0n) is 25.1. The Hall–Kier alpha value is -3.92. The number of hydrogen-bond acceptors (Lipinski definition) is 9. The van der Waals surface area contributed by atoms with Crippen LogP contribution in [0, 0.1) is 11.8 Å². The van der Waals surface area contributed by atoms with Gasteiger partial charge < -0.3 is 36.5 Å². The third kappa shape index (κ3) is 10.4. The number of nitrogens with zero attached hydrogens (tertiary/aromatic N) is 3. The predicted octanol–water partition coefficient (Wildman–Crippen LogP) is 0.224. The van der Waals surface area contributed by atoms with Gasteiger partial charge in [0.15, 0.2) is 0 Å². The Kier molecular flexibility index (Phi) is 12.3. The quantitative estimate of drug-likeness (QED) is 0.0787. The number of aliphatic carboxylic acids is 2. The number of anilines is 1. The van der Waals surface area contributed by atoms with Crippen molar-refractivity contribution in [1.29, 1.82) is 0 Å². The van der Waals surface area contributed by atoms with Crippen LogP contribution in [0.15, 0.2) is 28.2 Å². The molecule has 15 nitrogen and oxygen atoms in total. The van der Waals surface area contributed by atoms with Crippen LogP contribution in [0.4, 0.5) is 5.69 Å². The molecule has 2 fully saturated rings. The van der Waals surface area contributed by atoms with Crippen LogP contribution < -0.4 is 21.2 Å². The SMILES string of the molecule is CC(=O)O.CC1CNc2c(cccc2S(=O)(=O)N[C@@H](CC(=O)NC[C@@H]2CCCN(C=NN)C2)C(=O)N(CC(=O)O)C2CC2)C1. The average molecular weight is 638 g/mol. The molecule has 16 heteroatoms. The smallest absolute Gasteiger partial charge is 0.323 e. The van der Waals surface area contributed by atoms with Crippen LogP contribution in [0.1, 0.15) is 51.5 Å². The summed E-state index contributed by atoms with van der Waals surface area (Å²) >= 11 is 0. The molecule has 3 atom stereocenters. The van der Waals surface area contributed by atoms with Crippen molar-refractivity contribution in [1.82, 2.24) is 19.8 Å². The fraction of sp³-hybridized carbons (Fsp3) is 0.607. The maximum absolute atomic E-state index is 13.6. The van der Waals surface area contributed by atoms with Crippen LogP contribution in [0.2, 0.25) is 0 Å². The van der Waals surface area contributed by atoms with Gasteiger partial charge in [-0.15, -0.1) is 0 Å². The number of hydrazone groups is 1. The molecule has 44 heavy (non-hydrogen) atoms. The van der Waals surface area contributed by atoms with E-state index in [2.05, 4.69) is 27.4 Å². The Morgan fingerprint density at radius 2 is 1.93 bits per heavy atom. The summed E-state index contributed by atoms with van der Waals surface area (Å²) in [7, 11) is -4.25. The molecule has 4 rings (SSSR count). The maximum Gasteiger partial charge on any atom is 0.323 e. The van der Waals surface area contributed by atoms with Gasteiger partial charge in [0.2, 0.25) is 21.8 Å². The number of likely N-dealkylation sites (tertiary alicyclic amines) is 1. The molecule has 244 valence electrons. The van der Waals surface area contributed by atoms with E-state index >= 15 is 0 Å². The second-order valence-corrected chi connectivity index (χ2v) is 13.2. The van der Waals surface area contributed by atoms with Crippen molar-refractivity contribution in [2.75, 3.05) is 38.0 Å². The van der Waals surface area contributed by atoms with Crippen molar-refractivity contribution < 1.29 is 37.8 Å². The van der Waals surface area contributed by atoms with Crippen LogP contribution in [0.3, 0.4) is 0 Å². The van der Waals surface area contributed by atoms with E-state index in [9.17, 15) is 27.9 Å². The number of carboxylic acids is 2. The van der Waals surface area contributed by atoms with Gasteiger partial charge in [0.25, 0.3) is 5.97 Å². The summed E-state index contributed by atoms with van der Waals surface area (Å²) in [5, 5.41) is 26.4. The Balaban J connectivity index is 0.00000124. The number of piperidine rings is 1. The van der Waals surface area contributed by atoms with Gasteiger partial charge in [0.05, 0.1) is 12.1 Å². The van der Waals surface area contributed by atoms with Gasteiger partial charge in [-0.1, -0.05) is 19.1 Å². The number of benzene rings is 1. The summed E-state index contributed by atoms with van der Waals surface area (Å²) in [6.07, 6.45) is 4.87. The molecule has 0 radical (unpaired) electrons. The topological polar surface area (TPSA) is 224 Å². The number of carbonyl (C=O) groups excluding carboxylic acids is 2. The number of para-hydroxylation sites is 1. The number of amides is 2. The summed E-state index contributed by atoms with van der Waals surface area (Å²) in [5.41, 5.74) is 1.34. The molecule has 1 saturated carbocycles. The monoisotopic (exact) mass is 637 g/mol. The summed E-state index contributed by atoms with van der Waals surface area (Å²) < 4.78 is 29.7. The second-order valence-electron chi connectivity index (χ2n) is 11.5. The van der Waals surface area contributed by atoms with Gasteiger partial charge in [0.1, 0.15) is 23.8 Å². The molecule has 1 saturated heterocycles. The third-order valence-corrected chi connectivity index (χ3v) is 9.04. The van der Waals surface area contributed by atoms with Gasteiger partial charge >= 0.3 is 5.97 Å². The predicted molar refractivity (Wildman–Crippen MR) is 162 cm³/mol. The summed E-state index contributed by atoms with van der Waals surface area (Å²) in [6, 6.07) is 3.22. The molecule has 0 bridgehead atoms. The van der Waals surface area contributed by atoms with Crippen LogP contribution >= 0.6 is 0 Å². The Morgan fingerprint density at radius 3 is 2.57 bits per heavy atom. The molecule has 3 aliphatic rings. The Morgan fingerprint density at radius 1 is 1.23 bits per heavy atom. The molecule has 0 aromatic heterocycles. The van der Waals surface area contributed by atoms with Crippen molar-refractivity contribution in [3.8, 4) is 0 Å². The molecule has 2 amide bonds. The highest BCUT2D eigenvalue weighted by molar-refractivity contribution is 7.89. The Bertz CT molecular complexity index is 1330. The average Bonchev–Trinajstić information content (AvgIpc) is 3.79. The standard InChI is InChI=1S/C26H39N7O6S.C2H4O2/c1-17-10-19-5-2-6-22(25(19)29-12-17)40(38,39)31-21(26(37)33(15-24(35)36)20-7-8-20)11-23(34)28-13-18-4-3-9-32(14-18)16-30-27;1-2(3)4/h2,5-6,16-18,20-21,29,31H,3-4,7-15,27H2,1H3,(H,28,34)(H,35,36);1H3,(H,3,4)/t17?,18-,21-;/m0./s1. The number of hydrogen-bond donors (Lipinski definition) is 6. The van der Waals surface area contributed by atoms with E-state index in [0.717, 1.165) is 36.8 Å². The van der Waals surface area contributed by atoms with Crippen molar-refractivity contribution in [3.63, 3.8) is 0 Å². The lowest BCUT2D eigenvalue weighted by molar-refractivity contribution is -0.146. The lowest BCUT2D eigenvalue weighted by Gasteiger charge is -2.31. The molecular formula is C28H43N7O8S. The zero-order chi connectivity index (χ0) is 32.4. The maximum atomic E-state index is 13.6. The summed E-state index contributed by atoms with van der Waals surface area (Å²) in [5.74, 6) is 2.46. The minimum Gasteiger partial charge on any atom is -0.481 e. The van der Waals surface area contributed by atoms with Gasteiger partial charge in [-0.05, 0) is 55.6 Å². The van der Waals surface area contributed by atoms with Gasteiger partial charge in [-0.3, -0.25) is 19.2 Å². The number of nitrogens with one attached hydrogen (secondary N) is 3. The number of carboxylic acid groups (broad SMARTS) is 2. The molecule has 1 aromatic carbocycles. The van der Waals surface area contributed by atoms with E-state index in [4.69, 9.17) is 15.7 Å². The molecule has 2 heterocycles. The summed E-state index contributed by atoms with van der Waals surface area (Å²) in [4.78, 5) is 50.2. The number of sulfonamides is 1. The first kappa shape index (κ1) is 34.6. The van der Waals surface area contributed by atoms with Crippen LogP contribution in [-0.2, 0) is 35.6 Å². The normalized spacial score (nSPS) is 20.4. The first-order valence-electron chi connectivity index (χ1n) is 14.6. The molecular weight excluding hydrogens is 594 g/mol. The lowest BCUT2D eigenvalue weighted by Crippen LogP contribution is -2.52. The van der Waals surface area contributed by atoms with E-state index in [-0.39, 0.29) is 16.9 Å². The largest absolute Gasteiger partial charge is 0.481 e. The highest BCUT2D eigenvalue weighted by Crippen LogP contribution is 2.32. The van der Waals surface area contributed by atoms with Crippen molar-refractivity contribution in [2.24, 2.45) is 22.8 Å². The van der Waals surface area contributed by atoms with Gasteiger partial charge in [-0.2, -0.15) is 9.82 Å². The minimum absolute atomic E-state index is 0.00446. The minimum atomic E-state index is -4.25. The van der Waals surface area contributed by atoms with E-state index in [1.165, 1.54) is 6.07 Å². The fourth-order valence-corrected chi connectivity index (χ4v) is 6.84. The molecule has 1 aromatic rings. The molecule has 0 spiro atoms. The van der Waals surface area contributed by atoms with Crippen LogP contribution in [0.5, 0.6) is 0 Å². The summed E-state index contributed by atoms with van der Waals surface area (Å²) in [6.45, 7) is 5.01. The first-order chi connectivity index (χ1) is 20.8. The van der Waals surface area contributed by atoms with Crippen LogP contribution in [0.25, 0.3) is 0 Å². The van der Waals surface area contributed by atoms with Gasteiger partial charge in [-0.25, -0.2) is 8.42 Å². The Labute approximate surface area is 257 Å². The highest BCUT2D eigenvalue weighted by atomic mass is 32.2. The number of fused-ring (bicyclic) bond motifs is 1. The lowest BCUT2D eigenvalue weighted by atomic mass is 9.96. The first-order valence-corrected chi connectivity index (χ1v) is 16.1. The van der Waals surface area contributed by atoms with Crippen molar-refractivity contribution in [2.45, 2.75) is 69.4 Å². The van der Waals surface area contributed by atoms with Gasteiger partial charge in [0, 0.05) is 39.1 Å². The van der Waals surface area contributed by atoms with E-state index in [1.54, 1.807) is 12.4 Å². The van der Waals surface area contributed by atoms with Crippen molar-refractivity contribution in [3.05, 3.63) is 23.8 Å². The van der Waals surface area contributed by atoms with Crippen LogP contribution in [-0.4, -0.2) is 103 Å². The molecule has 2 aliphatic heterocycles. The molecule has 1 unspecified atom stereocenters. The number of nitrogens with two attached hydrogens (primary N) is 1. The number of carbonyl (C=O) groups is 4.